The average Bonchev–Trinajstić information content (AvgIpc) is 3.19. The smallest absolute Gasteiger partial charge is 0.273 e. The first-order valence-corrected chi connectivity index (χ1v) is 9.06. The fraction of sp³-hybridized carbons (Fsp3) is 0.350. The highest BCUT2D eigenvalue weighted by Crippen LogP contribution is 2.41. The van der Waals surface area contributed by atoms with Crippen LogP contribution in [0.5, 0.6) is 0 Å². The lowest BCUT2D eigenvalue weighted by Crippen LogP contribution is -2.33. The van der Waals surface area contributed by atoms with Crippen LogP contribution >= 0.6 is 0 Å². The molecule has 1 atom stereocenters. The lowest BCUT2D eigenvalue weighted by molar-refractivity contribution is 0.0932. The maximum atomic E-state index is 12.8. The molecule has 1 N–H and O–H groups in total. The molecule has 1 aliphatic carbocycles. The Hall–Kier alpha value is -2.89. The number of benzene rings is 1. The Balaban J connectivity index is 1.48. The van der Waals surface area contributed by atoms with Crippen molar-refractivity contribution in [1.29, 1.82) is 0 Å². The summed E-state index contributed by atoms with van der Waals surface area (Å²) in [5.41, 5.74) is 2.31. The quantitative estimate of drug-likeness (QED) is 0.708. The summed E-state index contributed by atoms with van der Waals surface area (Å²) in [5.74, 6) is 1.14. The van der Waals surface area contributed by atoms with Gasteiger partial charge in [0.2, 0.25) is 0 Å². The summed E-state index contributed by atoms with van der Waals surface area (Å²) in [6.07, 6.45) is 5.43. The van der Waals surface area contributed by atoms with Crippen LogP contribution in [0.25, 0.3) is 5.69 Å². The fourth-order valence-electron chi connectivity index (χ4n) is 3.11. The molecule has 26 heavy (non-hydrogen) atoms. The highest BCUT2D eigenvalue weighted by molar-refractivity contribution is 5.93. The van der Waals surface area contributed by atoms with Crippen molar-refractivity contribution in [2.75, 3.05) is 0 Å². The Kier molecular flexibility index (Phi) is 4.56. The van der Waals surface area contributed by atoms with Crippen molar-refractivity contribution in [2.45, 2.75) is 44.6 Å². The maximum Gasteiger partial charge on any atom is 0.273 e. The molecule has 1 unspecified atom stereocenters. The molecule has 4 rings (SSSR count). The lowest BCUT2D eigenvalue weighted by atomic mass is 10.1. The number of hydrogen-bond acceptors (Lipinski definition) is 4. The summed E-state index contributed by atoms with van der Waals surface area (Å²) in [4.78, 5) is 12.8. The maximum absolute atomic E-state index is 12.8. The Morgan fingerprint density at radius 3 is 2.77 bits per heavy atom. The normalized spacial score (nSPS) is 15.0. The molecule has 1 aromatic carbocycles. The highest BCUT2D eigenvalue weighted by Gasteiger charge is 2.34. The number of carbonyl (C=O) groups excluding carboxylic acids is 1. The average molecular weight is 350 g/mol. The molecular weight excluding hydrogens is 328 g/mol. The zero-order chi connectivity index (χ0) is 17.9. The third-order valence-electron chi connectivity index (χ3n) is 4.67. The molecule has 1 saturated carbocycles. The minimum Gasteiger partial charge on any atom is -0.469 e. The van der Waals surface area contributed by atoms with Gasteiger partial charge in [-0.1, -0.05) is 23.4 Å². The van der Waals surface area contributed by atoms with Crippen molar-refractivity contribution in [3.05, 3.63) is 65.9 Å². The van der Waals surface area contributed by atoms with Gasteiger partial charge in [-0.15, -0.1) is 5.10 Å². The molecule has 1 aliphatic rings. The van der Waals surface area contributed by atoms with E-state index < -0.39 is 0 Å². The van der Waals surface area contributed by atoms with E-state index in [0.717, 1.165) is 42.8 Å². The number of para-hydroxylation sites is 1. The van der Waals surface area contributed by atoms with Gasteiger partial charge in [-0.05, 0) is 50.5 Å². The van der Waals surface area contributed by atoms with Gasteiger partial charge in [0, 0.05) is 18.4 Å². The molecule has 3 aromatic rings. The standard InChI is InChI=1S/C20H22N4O2/c1-14(9-12-17-8-5-13-26-17)21-20(25)18-19(15-10-11-15)24(23-22-18)16-6-3-2-4-7-16/h2-8,13-15H,9-12H2,1H3,(H,21,25). The molecule has 1 amide bonds. The minimum atomic E-state index is -0.152. The summed E-state index contributed by atoms with van der Waals surface area (Å²) in [5, 5.41) is 11.5. The minimum absolute atomic E-state index is 0.0292. The molecule has 6 heteroatoms. The summed E-state index contributed by atoms with van der Waals surface area (Å²) < 4.78 is 7.15. The molecule has 1 fully saturated rings. The Bertz CT molecular complexity index is 867. The molecule has 0 aliphatic heterocycles. The number of nitrogens with one attached hydrogen (secondary N) is 1. The number of aryl methyl sites for hydroxylation is 1. The van der Waals surface area contributed by atoms with Crippen LogP contribution in [0.15, 0.2) is 53.1 Å². The van der Waals surface area contributed by atoms with E-state index in [-0.39, 0.29) is 11.9 Å². The van der Waals surface area contributed by atoms with Crippen molar-refractivity contribution in [3.63, 3.8) is 0 Å². The van der Waals surface area contributed by atoms with Gasteiger partial charge in [0.1, 0.15) is 5.76 Å². The number of amides is 1. The SMILES string of the molecule is CC(CCc1ccco1)NC(=O)c1nnn(-c2ccccc2)c1C1CC1. The predicted octanol–water partition coefficient (Wildman–Crippen LogP) is 3.49. The van der Waals surface area contributed by atoms with E-state index in [1.165, 1.54) is 0 Å². The number of furan rings is 1. The molecule has 134 valence electrons. The Morgan fingerprint density at radius 2 is 2.08 bits per heavy atom. The van der Waals surface area contributed by atoms with E-state index in [1.807, 2.05) is 49.4 Å². The van der Waals surface area contributed by atoms with Gasteiger partial charge in [-0.2, -0.15) is 0 Å². The first-order valence-electron chi connectivity index (χ1n) is 9.06. The van der Waals surface area contributed by atoms with Crippen LogP contribution in [-0.2, 0) is 6.42 Å². The van der Waals surface area contributed by atoms with Crippen molar-refractivity contribution in [1.82, 2.24) is 20.3 Å². The van der Waals surface area contributed by atoms with Crippen LogP contribution in [0.2, 0.25) is 0 Å². The zero-order valence-corrected chi connectivity index (χ0v) is 14.8. The molecule has 0 spiro atoms. The Labute approximate surface area is 152 Å². The van der Waals surface area contributed by atoms with E-state index in [1.54, 1.807) is 10.9 Å². The number of nitrogens with zero attached hydrogens (tertiary/aromatic N) is 3. The summed E-state index contributed by atoms with van der Waals surface area (Å²) in [6, 6.07) is 13.7. The number of rotatable bonds is 7. The summed E-state index contributed by atoms with van der Waals surface area (Å²) in [7, 11) is 0. The van der Waals surface area contributed by atoms with Crippen LogP contribution in [-0.4, -0.2) is 26.9 Å². The van der Waals surface area contributed by atoms with Gasteiger partial charge >= 0.3 is 0 Å². The van der Waals surface area contributed by atoms with Gasteiger partial charge in [0.15, 0.2) is 5.69 Å². The van der Waals surface area contributed by atoms with Crippen LogP contribution in [0.3, 0.4) is 0 Å². The topological polar surface area (TPSA) is 73.0 Å². The van der Waals surface area contributed by atoms with Crippen LogP contribution in [0.4, 0.5) is 0 Å². The number of hydrogen-bond donors (Lipinski definition) is 1. The first-order chi connectivity index (χ1) is 12.7. The fourth-order valence-corrected chi connectivity index (χ4v) is 3.11. The van der Waals surface area contributed by atoms with Crippen LogP contribution in [0, 0.1) is 0 Å². The van der Waals surface area contributed by atoms with E-state index in [9.17, 15) is 4.79 Å². The third kappa shape index (κ3) is 3.54. The van der Waals surface area contributed by atoms with Gasteiger partial charge < -0.3 is 9.73 Å². The molecular formula is C20H22N4O2. The predicted molar refractivity (Wildman–Crippen MR) is 97.3 cm³/mol. The van der Waals surface area contributed by atoms with Crippen LogP contribution in [0.1, 0.15) is 54.0 Å². The molecule has 2 heterocycles. The zero-order valence-electron chi connectivity index (χ0n) is 14.8. The molecule has 0 bridgehead atoms. The largest absolute Gasteiger partial charge is 0.469 e. The second-order valence-electron chi connectivity index (χ2n) is 6.84. The number of aromatic nitrogens is 3. The molecule has 0 saturated heterocycles. The Morgan fingerprint density at radius 1 is 1.27 bits per heavy atom. The first kappa shape index (κ1) is 16.6. The third-order valence-corrected chi connectivity index (χ3v) is 4.67. The second kappa shape index (κ2) is 7.15. The van der Waals surface area contributed by atoms with Crippen molar-refractivity contribution < 1.29 is 9.21 Å². The van der Waals surface area contributed by atoms with Crippen molar-refractivity contribution in [2.24, 2.45) is 0 Å². The van der Waals surface area contributed by atoms with Gasteiger partial charge in [0.05, 0.1) is 17.6 Å². The summed E-state index contributed by atoms with van der Waals surface area (Å²) >= 11 is 0. The van der Waals surface area contributed by atoms with E-state index in [0.29, 0.717) is 11.6 Å². The highest BCUT2D eigenvalue weighted by atomic mass is 16.3. The van der Waals surface area contributed by atoms with E-state index in [4.69, 9.17) is 4.42 Å². The van der Waals surface area contributed by atoms with Gasteiger partial charge in [-0.3, -0.25) is 4.79 Å². The number of carbonyl (C=O) groups is 1. The van der Waals surface area contributed by atoms with E-state index >= 15 is 0 Å². The van der Waals surface area contributed by atoms with Crippen molar-refractivity contribution in [3.8, 4) is 5.69 Å². The summed E-state index contributed by atoms with van der Waals surface area (Å²) in [6.45, 7) is 2.00. The molecule has 0 radical (unpaired) electrons. The van der Waals surface area contributed by atoms with Crippen LogP contribution < -0.4 is 5.32 Å². The monoisotopic (exact) mass is 350 g/mol. The van der Waals surface area contributed by atoms with Gasteiger partial charge in [-0.25, -0.2) is 4.68 Å². The lowest BCUT2D eigenvalue weighted by Gasteiger charge is -2.13. The molecule has 2 aromatic heterocycles. The molecule has 6 nitrogen and oxygen atoms in total. The van der Waals surface area contributed by atoms with Crippen molar-refractivity contribution >= 4 is 5.91 Å². The van der Waals surface area contributed by atoms with E-state index in [2.05, 4.69) is 15.6 Å². The second-order valence-corrected chi connectivity index (χ2v) is 6.84. The van der Waals surface area contributed by atoms with Gasteiger partial charge in [0.25, 0.3) is 5.91 Å².